The van der Waals surface area contributed by atoms with E-state index in [0.717, 1.165) is 44.2 Å². The van der Waals surface area contributed by atoms with Crippen molar-refractivity contribution in [2.24, 2.45) is 0 Å². The summed E-state index contributed by atoms with van der Waals surface area (Å²) in [5.41, 5.74) is 0.761. The molecular formula is C20H25F3N4O. The quantitative estimate of drug-likeness (QED) is 0.706. The van der Waals surface area contributed by atoms with E-state index in [4.69, 9.17) is 0 Å². The maximum absolute atomic E-state index is 12.9. The molecule has 1 aromatic carbocycles. The Balaban J connectivity index is 1.43. The van der Waals surface area contributed by atoms with Crippen LogP contribution in [0.4, 0.5) is 18.9 Å². The van der Waals surface area contributed by atoms with Crippen molar-refractivity contribution in [2.45, 2.75) is 32.5 Å². The Morgan fingerprint density at radius 3 is 2.43 bits per heavy atom. The minimum absolute atomic E-state index is 0.0831. The lowest BCUT2D eigenvalue weighted by Crippen LogP contribution is -2.46. The molecule has 3 rings (SSSR count). The molecular weight excluding hydrogens is 369 g/mol. The van der Waals surface area contributed by atoms with Gasteiger partial charge in [-0.3, -0.25) is 9.69 Å². The number of hydrogen-bond donors (Lipinski definition) is 0. The highest BCUT2D eigenvalue weighted by Crippen LogP contribution is 2.31. The monoisotopic (exact) mass is 394 g/mol. The van der Waals surface area contributed by atoms with E-state index in [0.29, 0.717) is 25.3 Å². The number of hydrogen-bond acceptors (Lipinski definition) is 4. The Labute approximate surface area is 162 Å². The number of piperazine rings is 1. The maximum atomic E-state index is 12.9. The van der Waals surface area contributed by atoms with E-state index in [1.807, 2.05) is 11.8 Å². The number of halogens is 3. The van der Waals surface area contributed by atoms with Crippen molar-refractivity contribution in [3.8, 4) is 0 Å². The summed E-state index contributed by atoms with van der Waals surface area (Å²) in [6.45, 7) is 6.43. The van der Waals surface area contributed by atoms with Gasteiger partial charge in [-0.25, -0.2) is 4.68 Å². The van der Waals surface area contributed by atoms with E-state index in [2.05, 4.69) is 10.00 Å². The van der Waals surface area contributed by atoms with Crippen molar-refractivity contribution in [1.29, 1.82) is 0 Å². The Bertz CT molecular complexity index is 842. The largest absolute Gasteiger partial charge is 0.416 e. The van der Waals surface area contributed by atoms with Crippen molar-refractivity contribution in [2.75, 3.05) is 37.6 Å². The molecule has 5 nitrogen and oxygen atoms in total. The van der Waals surface area contributed by atoms with Crippen molar-refractivity contribution >= 4 is 5.69 Å². The van der Waals surface area contributed by atoms with E-state index >= 15 is 0 Å². The number of aryl methyl sites for hydroxylation is 2. The fourth-order valence-electron chi connectivity index (χ4n) is 3.42. The van der Waals surface area contributed by atoms with Crippen LogP contribution in [-0.2, 0) is 12.7 Å². The van der Waals surface area contributed by atoms with Gasteiger partial charge in [-0.15, -0.1) is 0 Å². The standard InChI is InChI=1S/C20H25F3N4O/c1-16-7-8-19(28)27(24-16)10-3-2-9-25-11-13-26(14-12-25)18-6-4-5-17(15-18)20(21,22)23/h4-8,15H,2-3,9-14H2,1H3. The summed E-state index contributed by atoms with van der Waals surface area (Å²) in [5, 5.41) is 4.23. The highest BCUT2D eigenvalue weighted by atomic mass is 19.4. The normalized spacial score (nSPS) is 15.8. The van der Waals surface area contributed by atoms with Crippen LogP contribution in [0.15, 0.2) is 41.2 Å². The summed E-state index contributed by atoms with van der Waals surface area (Å²) in [6, 6.07) is 8.78. The molecule has 8 heteroatoms. The van der Waals surface area contributed by atoms with Gasteiger partial charge >= 0.3 is 6.18 Å². The Kier molecular flexibility index (Phi) is 6.39. The summed E-state index contributed by atoms with van der Waals surface area (Å²) in [4.78, 5) is 16.1. The lowest BCUT2D eigenvalue weighted by Gasteiger charge is -2.36. The Morgan fingerprint density at radius 1 is 1.00 bits per heavy atom. The van der Waals surface area contributed by atoms with Gasteiger partial charge in [0.05, 0.1) is 11.3 Å². The molecule has 1 aliphatic heterocycles. The smallest absolute Gasteiger partial charge is 0.369 e. The average Bonchev–Trinajstić information content (AvgIpc) is 2.68. The van der Waals surface area contributed by atoms with Crippen LogP contribution < -0.4 is 10.5 Å². The zero-order chi connectivity index (χ0) is 20.1. The highest BCUT2D eigenvalue weighted by Gasteiger charge is 2.31. The molecule has 2 aromatic rings. The third kappa shape index (κ3) is 5.34. The van der Waals surface area contributed by atoms with Crippen LogP contribution in [0.2, 0.25) is 0 Å². The predicted molar refractivity (Wildman–Crippen MR) is 103 cm³/mol. The van der Waals surface area contributed by atoms with Crippen LogP contribution in [-0.4, -0.2) is 47.4 Å². The molecule has 0 amide bonds. The van der Waals surface area contributed by atoms with Gasteiger partial charge in [0.25, 0.3) is 5.56 Å². The molecule has 1 saturated heterocycles. The molecule has 1 fully saturated rings. The second-order valence-electron chi connectivity index (χ2n) is 7.12. The van der Waals surface area contributed by atoms with E-state index in [-0.39, 0.29) is 5.56 Å². The molecule has 2 heterocycles. The molecule has 0 N–H and O–H groups in total. The summed E-state index contributed by atoms with van der Waals surface area (Å²) < 4.78 is 40.2. The first kappa shape index (κ1) is 20.4. The number of nitrogens with zero attached hydrogens (tertiary/aromatic N) is 4. The minimum Gasteiger partial charge on any atom is -0.369 e. The van der Waals surface area contributed by atoms with Gasteiger partial charge in [0.15, 0.2) is 0 Å². The molecule has 0 saturated carbocycles. The predicted octanol–water partition coefficient (Wildman–Crippen LogP) is 3.17. The van der Waals surface area contributed by atoms with Gasteiger partial charge < -0.3 is 4.90 Å². The van der Waals surface area contributed by atoms with Gasteiger partial charge in [0, 0.05) is 44.5 Å². The van der Waals surface area contributed by atoms with Crippen molar-refractivity contribution < 1.29 is 13.2 Å². The third-order valence-corrected chi connectivity index (χ3v) is 5.01. The molecule has 0 unspecified atom stereocenters. The SMILES string of the molecule is Cc1ccc(=O)n(CCCCN2CCN(c3cccc(C(F)(F)F)c3)CC2)n1. The molecule has 0 atom stereocenters. The topological polar surface area (TPSA) is 41.4 Å². The summed E-state index contributed by atoms with van der Waals surface area (Å²) >= 11 is 0. The second-order valence-corrected chi connectivity index (χ2v) is 7.12. The van der Waals surface area contributed by atoms with E-state index in [1.165, 1.54) is 22.9 Å². The molecule has 0 radical (unpaired) electrons. The molecule has 0 spiro atoms. The van der Waals surface area contributed by atoms with Gasteiger partial charge in [-0.1, -0.05) is 6.07 Å². The average molecular weight is 394 g/mol. The van der Waals surface area contributed by atoms with Crippen molar-refractivity contribution in [1.82, 2.24) is 14.7 Å². The molecule has 28 heavy (non-hydrogen) atoms. The fraction of sp³-hybridized carbons (Fsp3) is 0.500. The van der Waals surface area contributed by atoms with Crippen LogP contribution in [0.25, 0.3) is 0 Å². The number of aromatic nitrogens is 2. The second kappa shape index (κ2) is 8.77. The highest BCUT2D eigenvalue weighted by molar-refractivity contribution is 5.49. The summed E-state index contributed by atoms with van der Waals surface area (Å²) in [5.74, 6) is 0. The van der Waals surface area contributed by atoms with Crippen molar-refractivity contribution in [3.63, 3.8) is 0 Å². The molecule has 1 aliphatic rings. The Hall–Kier alpha value is -2.35. The summed E-state index contributed by atoms with van der Waals surface area (Å²) in [6.07, 6.45) is -2.50. The Morgan fingerprint density at radius 2 is 1.71 bits per heavy atom. The fourth-order valence-corrected chi connectivity index (χ4v) is 3.42. The zero-order valence-electron chi connectivity index (χ0n) is 16.0. The number of anilines is 1. The van der Waals surface area contributed by atoms with Gasteiger partial charge in [0.2, 0.25) is 0 Å². The van der Waals surface area contributed by atoms with Crippen LogP contribution in [0, 0.1) is 6.92 Å². The van der Waals surface area contributed by atoms with Gasteiger partial charge in [-0.2, -0.15) is 18.3 Å². The van der Waals surface area contributed by atoms with E-state index in [9.17, 15) is 18.0 Å². The van der Waals surface area contributed by atoms with Crippen molar-refractivity contribution in [3.05, 3.63) is 58.0 Å². The third-order valence-electron chi connectivity index (χ3n) is 5.01. The van der Waals surface area contributed by atoms with Gasteiger partial charge in [-0.05, 0) is 50.6 Å². The number of unbranched alkanes of at least 4 members (excludes halogenated alkanes) is 1. The molecule has 1 aromatic heterocycles. The lowest BCUT2D eigenvalue weighted by molar-refractivity contribution is -0.137. The number of benzene rings is 1. The molecule has 0 bridgehead atoms. The lowest BCUT2D eigenvalue weighted by atomic mass is 10.1. The van der Waals surface area contributed by atoms with Crippen LogP contribution in [0.5, 0.6) is 0 Å². The number of rotatable bonds is 6. The first-order chi connectivity index (χ1) is 13.3. The first-order valence-corrected chi connectivity index (χ1v) is 9.52. The maximum Gasteiger partial charge on any atom is 0.416 e. The zero-order valence-corrected chi connectivity index (χ0v) is 16.0. The molecule has 152 valence electrons. The van der Waals surface area contributed by atoms with Crippen LogP contribution in [0.3, 0.4) is 0 Å². The van der Waals surface area contributed by atoms with E-state index < -0.39 is 11.7 Å². The van der Waals surface area contributed by atoms with Crippen LogP contribution >= 0.6 is 0 Å². The number of alkyl halides is 3. The van der Waals surface area contributed by atoms with Gasteiger partial charge in [0.1, 0.15) is 0 Å². The first-order valence-electron chi connectivity index (χ1n) is 9.52. The van der Waals surface area contributed by atoms with E-state index in [1.54, 1.807) is 12.1 Å². The van der Waals surface area contributed by atoms with Crippen LogP contribution in [0.1, 0.15) is 24.1 Å². The molecule has 0 aliphatic carbocycles. The minimum atomic E-state index is -4.31. The summed E-state index contributed by atoms with van der Waals surface area (Å²) in [7, 11) is 0.